The van der Waals surface area contributed by atoms with E-state index < -0.39 is 0 Å². The Morgan fingerprint density at radius 3 is 1.50 bits per heavy atom. The van der Waals surface area contributed by atoms with Gasteiger partial charge in [0, 0.05) is 39.3 Å². The van der Waals surface area contributed by atoms with Gasteiger partial charge in [0.2, 0.25) is 0 Å². The van der Waals surface area contributed by atoms with Gasteiger partial charge >= 0.3 is 0 Å². The molecule has 0 aliphatic carbocycles. The van der Waals surface area contributed by atoms with Crippen LogP contribution in [0.3, 0.4) is 0 Å². The molecule has 0 bridgehead atoms. The molecule has 0 spiro atoms. The van der Waals surface area contributed by atoms with Crippen LogP contribution in [0, 0.1) is 0 Å². The van der Waals surface area contributed by atoms with Crippen molar-refractivity contribution in [1.82, 2.24) is 9.80 Å². The lowest BCUT2D eigenvalue weighted by molar-refractivity contribution is 0.122. The molecule has 3 rings (SSSR count). The van der Waals surface area contributed by atoms with Crippen LogP contribution >= 0.6 is 0 Å². The summed E-state index contributed by atoms with van der Waals surface area (Å²) in [6, 6.07) is 17.3. The molecule has 1 saturated heterocycles. The summed E-state index contributed by atoms with van der Waals surface area (Å²) in [5.41, 5.74) is 5.15. The van der Waals surface area contributed by atoms with Gasteiger partial charge in [-0.1, -0.05) is 73.8 Å². The number of nitrogens with zero attached hydrogens (tertiary/aromatic N) is 2. The molecule has 2 aromatic rings. The van der Waals surface area contributed by atoms with Crippen molar-refractivity contribution in [2.45, 2.75) is 13.1 Å². The zero-order valence-electron chi connectivity index (χ0n) is 14.3. The minimum atomic E-state index is 1.03. The molecule has 2 nitrogen and oxygen atoms in total. The Kier molecular flexibility index (Phi) is 5.63. The molecule has 0 saturated carbocycles. The van der Waals surface area contributed by atoms with Crippen molar-refractivity contribution in [2.75, 3.05) is 26.2 Å². The zero-order chi connectivity index (χ0) is 16.8. The third-order valence-electron chi connectivity index (χ3n) is 4.65. The van der Waals surface area contributed by atoms with Gasteiger partial charge in [-0.25, -0.2) is 0 Å². The van der Waals surface area contributed by atoms with Crippen LogP contribution in [0.2, 0.25) is 0 Å². The average molecular weight is 318 g/mol. The van der Waals surface area contributed by atoms with Gasteiger partial charge in [-0.3, -0.25) is 9.80 Å². The number of rotatable bonds is 6. The second kappa shape index (κ2) is 8.09. The van der Waals surface area contributed by atoms with Crippen molar-refractivity contribution in [1.29, 1.82) is 0 Å². The SMILES string of the molecule is C=Cc1cccc(CN2CCN(Cc3cccc(C=C)c3)CC2)c1. The van der Waals surface area contributed by atoms with E-state index in [-0.39, 0.29) is 0 Å². The van der Waals surface area contributed by atoms with E-state index in [1.807, 2.05) is 12.2 Å². The minimum Gasteiger partial charge on any atom is -0.297 e. The third kappa shape index (κ3) is 4.44. The van der Waals surface area contributed by atoms with E-state index >= 15 is 0 Å². The fourth-order valence-corrected chi connectivity index (χ4v) is 3.26. The molecule has 2 aromatic carbocycles. The average Bonchev–Trinajstić information content (AvgIpc) is 2.64. The number of hydrogen-bond acceptors (Lipinski definition) is 2. The first kappa shape index (κ1) is 16.7. The monoisotopic (exact) mass is 318 g/mol. The second-order valence-corrected chi connectivity index (χ2v) is 6.45. The highest BCUT2D eigenvalue weighted by atomic mass is 15.3. The number of piperazine rings is 1. The van der Waals surface area contributed by atoms with Gasteiger partial charge in [-0.05, 0) is 22.3 Å². The van der Waals surface area contributed by atoms with E-state index in [0.29, 0.717) is 0 Å². The van der Waals surface area contributed by atoms with E-state index in [1.165, 1.54) is 22.3 Å². The van der Waals surface area contributed by atoms with Crippen LogP contribution in [0.1, 0.15) is 22.3 Å². The van der Waals surface area contributed by atoms with Crippen LogP contribution in [-0.4, -0.2) is 36.0 Å². The second-order valence-electron chi connectivity index (χ2n) is 6.45. The van der Waals surface area contributed by atoms with Gasteiger partial charge in [0.05, 0.1) is 0 Å². The summed E-state index contributed by atoms with van der Waals surface area (Å²) in [6.07, 6.45) is 3.83. The highest BCUT2D eigenvalue weighted by Crippen LogP contribution is 2.14. The Labute approximate surface area is 145 Å². The van der Waals surface area contributed by atoms with Crippen LogP contribution < -0.4 is 0 Å². The molecular formula is C22H26N2. The fraction of sp³-hybridized carbons (Fsp3) is 0.273. The molecule has 2 heteroatoms. The Balaban J connectivity index is 1.51. The van der Waals surface area contributed by atoms with Crippen LogP contribution in [-0.2, 0) is 13.1 Å². The van der Waals surface area contributed by atoms with Crippen molar-refractivity contribution < 1.29 is 0 Å². The number of hydrogen-bond donors (Lipinski definition) is 0. The maximum atomic E-state index is 3.85. The maximum absolute atomic E-state index is 3.85. The summed E-state index contributed by atoms with van der Waals surface area (Å²) in [5.74, 6) is 0. The molecule has 0 amide bonds. The van der Waals surface area contributed by atoms with Gasteiger partial charge in [-0.2, -0.15) is 0 Å². The molecule has 0 N–H and O–H groups in total. The highest BCUT2D eigenvalue weighted by Gasteiger charge is 2.17. The van der Waals surface area contributed by atoms with Crippen molar-refractivity contribution in [3.63, 3.8) is 0 Å². The van der Waals surface area contributed by atoms with Gasteiger partial charge < -0.3 is 0 Å². The first-order valence-electron chi connectivity index (χ1n) is 8.64. The highest BCUT2D eigenvalue weighted by molar-refractivity contribution is 5.48. The molecule has 124 valence electrons. The summed E-state index contributed by atoms with van der Waals surface area (Å²) in [5, 5.41) is 0. The largest absolute Gasteiger partial charge is 0.297 e. The topological polar surface area (TPSA) is 6.48 Å². The fourth-order valence-electron chi connectivity index (χ4n) is 3.26. The summed E-state index contributed by atoms with van der Waals surface area (Å²) < 4.78 is 0. The molecule has 0 aromatic heterocycles. The quantitative estimate of drug-likeness (QED) is 0.784. The predicted molar refractivity (Wildman–Crippen MR) is 104 cm³/mol. The summed E-state index contributed by atoms with van der Waals surface area (Å²) in [7, 11) is 0. The van der Waals surface area contributed by atoms with Crippen LogP contribution in [0.15, 0.2) is 61.7 Å². The smallest absolute Gasteiger partial charge is 0.0235 e. The van der Waals surface area contributed by atoms with Crippen LogP contribution in [0.25, 0.3) is 12.2 Å². The van der Waals surface area contributed by atoms with Crippen molar-refractivity contribution in [3.8, 4) is 0 Å². The lowest BCUT2D eigenvalue weighted by Crippen LogP contribution is -2.45. The molecule has 0 unspecified atom stereocenters. The van der Waals surface area contributed by atoms with E-state index in [0.717, 1.165) is 39.3 Å². The lowest BCUT2D eigenvalue weighted by atomic mass is 10.1. The molecule has 1 heterocycles. The normalized spacial score (nSPS) is 16.0. The lowest BCUT2D eigenvalue weighted by Gasteiger charge is -2.34. The van der Waals surface area contributed by atoms with Crippen molar-refractivity contribution in [2.24, 2.45) is 0 Å². The molecule has 1 aliphatic heterocycles. The van der Waals surface area contributed by atoms with Crippen molar-refractivity contribution >= 4 is 12.2 Å². The Morgan fingerprint density at radius 2 is 1.12 bits per heavy atom. The number of benzene rings is 2. The molecule has 0 radical (unpaired) electrons. The molecule has 0 atom stereocenters. The van der Waals surface area contributed by atoms with E-state index in [4.69, 9.17) is 0 Å². The van der Waals surface area contributed by atoms with E-state index in [1.54, 1.807) is 0 Å². The van der Waals surface area contributed by atoms with Gasteiger partial charge in [-0.15, -0.1) is 0 Å². The Morgan fingerprint density at radius 1 is 0.708 bits per heavy atom. The molecule has 1 aliphatic rings. The van der Waals surface area contributed by atoms with Crippen LogP contribution in [0.4, 0.5) is 0 Å². The molecular weight excluding hydrogens is 292 g/mol. The van der Waals surface area contributed by atoms with Gasteiger partial charge in [0.25, 0.3) is 0 Å². The molecule has 24 heavy (non-hydrogen) atoms. The van der Waals surface area contributed by atoms with Gasteiger partial charge in [0.15, 0.2) is 0 Å². The minimum absolute atomic E-state index is 1.03. The standard InChI is InChI=1S/C22H26N2/c1-3-19-7-5-9-21(15-19)17-23-11-13-24(14-12-23)18-22-10-6-8-20(4-2)16-22/h3-10,15-16H,1-2,11-14,17-18H2. The zero-order valence-corrected chi connectivity index (χ0v) is 14.3. The first-order chi connectivity index (χ1) is 11.8. The first-order valence-corrected chi connectivity index (χ1v) is 8.64. The third-order valence-corrected chi connectivity index (χ3v) is 4.65. The van der Waals surface area contributed by atoms with Crippen LogP contribution in [0.5, 0.6) is 0 Å². The Hall–Kier alpha value is -2.16. The summed E-state index contributed by atoms with van der Waals surface area (Å²) in [6.45, 7) is 14.3. The predicted octanol–water partition coefficient (Wildman–Crippen LogP) is 4.29. The van der Waals surface area contributed by atoms with E-state index in [2.05, 4.69) is 71.5 Å². The van der Waals surface area contributed by atoms with Crippen molar-refractivity contribution in [3.05, 3.63) is 83.9 Å². The Bertz CT molecular complexity index is 635. The van der Waals surface area contributed by atoms with E-state index in [9.17, 15) is 0 Å². The summed E-state index contributed by atoms with van der Waals surface area (Å²) >= 11 is 0. The van der Waals surface area contributed by atoms with Gasteiger partial charge in [0.1, 0.15) is 0 Å². The summed E-state index contributed by atoms with van der Waals surface area (Å²) in [4.78, 5) is 5.08. The maximum Gasteiger partial charge on any atom is 0.0235 e. The molecule has 1 fully saturated rings.